The van der Waals surface area contributed by atoms with Crippen LogP contribution in [0.1, 0.15) is 28.5 Å². The second kappa shape index (κ2) is 5.46. The summed E-state index contributed by atoms with van der Waals surface area (Å²) in [6.07, 6.45) is 1.31. The van der Waals surface area contributed by atoms with E-state index >= 15 is 0 Å². The van der Waals surface area contributed by atoms with Gasteiger partial charge in [0.2, 0.25) is 0 Å². The van der Waals surface area contributed by atoms with E-state index in [0.717, 1.165) is 17.5 Å². The second-order valence-electron chi connectivity index (χ2n) is 5.17. The Labute approximate surface area is 131 Å². The number of carboxylic acids is 1. The quantitative estimate of drug-likeness (QED) is 0.905. The number of aryl methyl sites for hydroxylation is 1. The molecule has 7 heteroatoms. The first-order chi connectivity index (χ1) is 10.5. The molecule has 6 nitrogen and oxygen atoms in total. The third-order valence-electron chi connectivity index (χ3n) is 3.68. The van der Waals surface area contributed by atoms with Gasteiger partial charge in [-0.3, -0.25) is 9.59 Å². The van der Waals surface area contributed by atoms with Crippen molar-refractivity contribution in [2.45, 2.75) is 25.8 Å². The molecule has 1 aliphatic rings. The van der Waals surface area contributed by atoms with Crippen molar-refractivity contribution in [3.8, 4) is 11.3 Å². The Kier molecular flexibility index (Phi) is 3.62. The lowest BCUT2D eigenvalue weighted by Crippen LogP contribution is -2.38. The monoisotopic (exact) mass is 320 g/mol. The van der Waals surface area contributed by atoms with Crippen LogP contribution >= 0.6 is 11.6 Å². The first-order valence-corrected chi connectivity index (χ1v) is 7.16. The van der Waals surface area contributed by atoms with Gasteiger partial charge in [-0.05, 0) is 43.5 Å². The minimum absolute atomic E-state index is 0.142. The molecule has 0 saturated heterocycles. The predicted molar refractivity (Wildman–Crippen MR) is 78.9 cm³/mol. The van der Waals surface area contributed by atoms with Gasteiger partial charge in [0.1, 0.15) is 6.04 Å². The maximum absolute atomic E-state index is 12.1. The first-order valence-electron chi connectivity index (χ1n) is 6.78. The van der Waals surface area contributed by atoms with E-state index in [1.54, 1.807) is 6.07 Å². The molecule has 2 N–H and O–H groups in total. The van der Waals surface area contributed by atoms with Gasteiger partial charge in [-0.25, -0.2) is 0 Å². The molecule has 2 aromatic rings. The van der Waals surface area contributed by atoms with Gasteiger partial charge in [-0.1, -0.05) is 16.8 Å². The van der Waals surface area contributed by atoms with Crippen molar-refractivity contribution in [3.63, 3.8) is 0 Å². The Morgan fingerprint density at radius 3 is 2.91 bits per heavy atom. The van der Waals surface area contributed by atoms with E-state index in [4.69, 9.17) is 21.2 Å². The molecule has 0 radical (unpaired) electrons. The standard InChI is InChI=1S/C15H13ClN2O4/c1-7(15(20)21)17-14(19)12-11-4-2-8-6-9(16)3-5-10(8)13(11)22-18-12/h3,5-7H,2,4H2,1H3,(H,17,19)(H,20,21)/t7-/m0/s1. The normalized spacial score (nSPS) is 13.9. The van der Waals surface area contributed by atoms with Gasteiger partial charge in [-0.15, -0.1) is 0 Å². The van der Waals surface area contributed by atoms with Crippen LogP contribution in [-0.4, -0.2) is 28.2 Å². The average Bonchev–Trinajstić information content (AvgIpc) is 2.90. The SMILES string of the molecule is C[C@H](NC(=O)c1noc2c1CCc1cc(Cl)ccc1-2)C(=O)O. The van der Waals surface area contributed by atoms with Crippen molar-refractivity contribution < 1.29 is 19.2 Å². The third-order valence-corrected chi connectivity index (χ3v) is 3.91. The second-order valence-corrected chi connectivity index (χ2v) is 5.61. The summed E-state index contributed by atoms with van der Waals surface area (Å²) in [6.45, 7) is 1.39. The number of aromatic nitrogens is 1. The van der Waals surface area contributed by atoms with E-state index in [1.165, 1.54) is 6.92 Å². The highest BCUT2D eigenvalue weighted by atomic mass is 35.5. The summed E-state index contributed by atoms with van der Waals surface area (Å²) in [5.41, 5.74) is 2.75. The molecule has 1 aromatic heterocycles. The fraction of sp³-hybridized carbons (Fsp3) is 0.267. The first kappa shape index (κ1) is 14.6. The zero-order valence-corrected chi connectivity index (χ0v) is 12.5. The number of benzene rings is 1. The minimum atomic E-state index is -1.11. The summed E-state index contributed by atoms with van der Waals surface area (Å²) in [5, 5.41) is 15.7. The van der Waals surface area contributed by atoms with Crippen molar-refractivity contribution in [1.82, 2.24) is 10.5 Å². The summed E-state index contributed by atoms with van der Waals surface area (Å²) in [4.78, 5) is 23.0. The molecule has 1 aromatic carbocycles. The van der Waals surface area contributed by atoms with Crippen molar-refractivity contribution >= 4 is 23.5 Å². The molecular weight excluding hydrogens is 308 g/mol. The van der Waals surface area contributed by atoms with Crippen LogP contribution < -0.4 is 5.32 Å². The lowest BCUT2D eigenvalue weighted by molar-refractivity contribution is -0.138. The van der Waals surface area contributed by atoms with E-state index in [9.17, 15) is 9.59 Å². The minimum Gasteiger partial charge on any atom is -0.480 e. The number of rotatable bonds is 3. The number of nitrogens with zero attached hydrogens (tertiary/aromatic N) is 1. The zero-order chi connectivity index (χ0) is 15.9. The molecule has 1 atom stereocenters. The summed E-state index contributed by atoms with van der Waals surface area (Å²) < 4.78 is 5.32. The topological polar surface area (TPSA) is 92.4 Å². The number of amides is 1. The predicted octanol–water partition coefficient (Wildman–Crippen LogP) is 2.30. The molecule has 3 rings (SSSR count). The summed E-state index contributed by atoms with van der Waals surface area (Å²) in [6, 6.07) is 4.47. The van der Waals surface area contributed by atoms with Crippen molar-refractivity contribution in [1.29, 1.82) is 0 Å². The third kappa shape index (κ3) is 2.46. The molecule has 1 amide bonds. The van der Waals surface area contributed by atoms with Crippen LogP contribution in [0.5, 0.6) is 0 Å². The summed E-state index contributed by atoms with van der Waals surface area (Å²) >= 11 is 5.98. The molecule has 0 aliphatic heterocycles. The largest absolute Gasteiger partial charge is 0.480 e. The van der Waals surface area contributed by atoms with Crippen molar-refractivity contribution in [2.24, 2.45) is 0 Å². The number of hydrogen-bond acceptors (Lipinski definition) is 4. The molecule has 0 unspecified atom stereocenters. The van der Waals surface area contributed by atoms with E-state index in [1.807, 2.05) is 12.1 Å². The van der Waals surface area contributed by atoms with Crippen LogP contribution in [0.4, 0.5) is 0 Å². The molecule has 22 heavy (non-hydrogen) atoms. The van der Waals surface area contributed by atoms with Crippen LogP contribution in [0.2, 0.25) is 5.02 Å². The fourth-order valence-corrected chi connectivity index (χ4v) is 2.70. The lowest BCUT2D eigenvalue weighted by atomic mass is 9.89. The number of carbonyl (C=O) groups excluding carboxylic acids is 1. The summed E-state index contributed by atoms with van der Waals surface area (Å²) in [5.74, 6) is -1.10. The zero-order valence-electron chi connectivity index (χ0n) is 11.7. The lowest BCUT2D eigenvalue weighted by Gasteiger charge is -2.15. The number of carboxylic acid groups (broad SMARTS) is 1. The van der Waals surface area contributed by atoms with Gasteiger partial charge >= 0.3 is 5.97 Å². The maximum Gasteiger partial charge on any atom is 0.325 e. The van der Waals surface area contributed by atoms with Gasteiger partial charge in [0.15, 0.2) is 11.5 Å². The Balaban J connectivity index is 1.94. The van der Waals surface area contributed by atoms with Crippen LogP contribution in [0.25, 0.3) is 11.3 Å². The molecule has 0 bridgehead atoms. The summed E-state index contributed by atoms with van der Waals surface area (Å²) in [7, 11) is 0. The Morgan fingerprint density at radius 2 is 2.18 bits per heavy atom. The van der Waals surface area contributed by atoms with E-state index in [-0.39, 0.29) is 5.69 Å². The van der Waals surface area contributed by atoms with Gasteiger partial charge in [0.25, 0.3) is 5.91 Å². The van der Waals surface area contributed by atoms with Crippen LogP contribution in [0.3, 0.4) is 0 Å². The fourth-order valence-electron chi connectivity index (χ4n) is 2.51. The van der Waals surface area contributed by atoms with Crippen molar-refractivity contribution in [3.05, 3.63) is 40.0 Å². The van der Waals surface area contributed by atoms with Gasteiger partial charge in [-0.2, -0.15) is 0 Å². The number of fused-ring (bicyclic) bond motifs is 3. The number of aliphatic carboxylic acids is 1. The van der Waals surface area contributed by atoms with E-state index in [2.05, 4.69) is 10.5 Å². The molecule has 0 spiro atoms. The number of hydrogen-bond donors (Lipinski definition) is 2. The highest BCUT2D eigenvalue weighted by molar-refractivity contribution is 6.30. The molecule has 114 valence electrons. The number of carbonyl (C=O) groups is 2. The number of nitrogens with one attached hydrogen (secondary N) is 1. The van der Waals surface area contributed by atoms with Gasteiger partial charge < -0.3 is 14.9 Å². The Hall–Kier alpha value is -2.34. The van der Waals surface area contributed by atoms with Crippen LogP contribution in [0, 0.1) is 0 Å². The van der Waals surface area contributed by atoms with E-state index in [0.29, 0.717) is 22.8 Å². The molecule has 0 fully saturated rings. The number of halogens is 1. The van der Waals surface area contributed by atoms with Gasteiger partial charge in [0.05, 0.1) is 0 Å². The van der Waals surface area contributed by atoms with Gasteiger partial charge in [0, 0.05) is 16.1 Å². The highest BCUT2D eigenvalue weighted by Gasteiger charge is 2.28. The average molecular weight is 321 g/mol. The molecule has 1 aliphatic carbocycles. The highest BCUT2D eigenvalue weighted by Crippen LogP contribution is 2.36. The Bertz CT molecular complexity index is 769. The smallest absolute Gasteiger partial charge is 0.325 e. The molecule has 1 heterocycles. The van der Waals surface area contributed by atoms with Crippen LogP contribution in [-0.2, 0) is 17.6 Å². The maximum atomic E-state index is 12.1. The molecule has 0 saturated carbocycles. The Morgan fingerprint density at radius 1 is 1.41 bits per heavy atom. The van der Waals surface area contributed by atoms with Crippen molar-refractivity contribution in [2.75, 3.05) is 0 Å². The molecular formula is C15H13ClN2O4. The van der Waals surface area contributed by atoms with E-state index < -0.39 is 17.9 Å². The van der Waals surface area contributed by atoms with Crippen LogP contribution in [0.15, 0.2) is 22.7 Å².